The second kappa shape index (κ2) is 7.92. The lowest BCUT2D eigenvalue weighted by Crippen LogP contribution is -2.50. The number of halogens is 4. The molecule has 27 heavy (non-hydrogen) atoms. The van der Waals surface area contributed by atoms with Crippen LogP contribution in [0.4, 0.5) is 18.9 Å². The summed E-state index contributed by atoms with van der Waals surface area (Å²) >= 11 is 6.43. The average molecular weight is 401 g/mol. The Morgan fingerprint density at radius 3 is 2.56 bits per heavy atom. The minimum atomic E-state index is -4.55. The largest absolute Gasteiger partial charge is 0.417 e. The normalized spacial score (nSPS) is 16.9. The monoisotopic (exact) mass is 400 g/mol. The van der Waals surface area contributed by atoms with Crippen molar-refractivity contribution in [3.63, 3.8) is 0 Å². The highest BCUT2D eigenvalue weighted by Crippen LogP contribution is 2.32. The number of anilines is 1. The van der Waals surface area contributed by atoms with Crippen LogP contribution >= 0.6 is 11.6 Å². The maximum absolute atomic E-state index is 13.0. The Morgan fingerprint density at radius 1 is 1.19 bits per heavy atom. The molecule has 1 aliphatic rings. The topological polar surface area (TPSA) is 49.3 Å². The first-order chi connectivity index (χ1) is 12.8. The number of alkyl halides is 3. The van der Waals surface area contributed by atoms with Gasteiger partial charge in [-0.1, -0.05) is 17.7 Å². The van der Waals surface area contributed by atoms with Crippen LogP contribution in [0.1, 0.15) is 12.5 Å². The Bertz CT molecular complexity index is 862. The van der Waals surface area contributed by atoms with Crippen molar-refractivity contribution >= 4 is 17.3 Å². The highest BCUT2D eigenvalue weighted by molar-refractivity contribution is 6.35. The molecular formula is C18H20ClF3N4O. The fourth-order valence-corrected chi connectivity index (χ4v) is 3.32. The summed E-state index contributed by atoms with van der Waals surface area (Å²) in [5, 5.41) is 6.75. The molecule has 1 aliphatic heterocycles. The van der Waals surface area contributed by atoms with E-state index in [1.54, 1.807) is 12.1 Å². The van der Waals surface area contributed by atoms with E-state index in [4.69, 9.17) is 11.6 Å². The van der Waals surface area contributed by atoms with Crippen molar-refractivity contribution in [1.29, 1.82) is 0 Å². The zero-order valence-electron chi connectivity index (χ0n) is 14.7. The molecule has 9 heteroatoms. The summed E-state index contributed by atoms with van der Waals surface area (Å²) in [6.45, 7) is 5.51. The van der Waals surface area contributed by atoms with Gasteiger partial charge < -0.3 is 10.6 Å². The van der Waals surface area contributed by atoms with Crippen LogP contribution in [0.25, 0.3) is 5.69 Å². The Balaban J connectivity index is 1.92. The molecule has 0 aliphatic carbocycles. The third kappa shape index (κ3) is 4.45. The van der Waals surface area contributed by atoms with Crippen LogP contribution < -0.4 is 16.2 Å². The zero-order valence-corrected chi connectivity index (χ0v) is 15.4. The molecule has 5 nitrogen and oxygen atoms in total. The summed E-state index contributed by atoms with van der Waals surface area (Å²) < 4.78 is 39.9. The Kier molecular flexibility index (Phi) is 5.78. The molecular weight excluding hydrogens is 381 g/mol. The van der Waals surface area contributed by atoms with Crippen molar-refractivity contribution in [1.82, 2.24) is 14.8 Å². The number of rotatable bonds is 4. The molecule has 1 aromatic heterocycles. The molecule has 0 saturated carbocycles. The Morgan fingerprint density at radius 2 is 1.89 bits per heavy atom. The fourth-order valence-electron chi connectivity index (χ4n) is 3.05. The number of piperazine rings is 1. The van der Waals surface area contributed by atoms with E-state index in [2.05, 4.69) is 15.5 Å². The number of pyridine rings is 1. The predicted molar refractivity (Wildman–Crippen MR) is 99.6 cm³/mol. The van der Waals surface area contributed by atoms with Crippen molar-refractivity contribution in [3.05, 3.63) is 57.5 Å². The first-order valence-electron chi connectivity index (χ1n) is 8.57. The molecule has 0 radical (unpaired) electrons. The number of aromatic nitrogens is 1. The molecule has 3 rings (SSSR count). The third-order valence-electron chi connectivity index (χ3n) is 4.54. The fraction of sp³-hybridized carbons (Fsp3) is 0.389. The molecule has 2 N–H and O–H groups in total. The molecule has 1 atom stereocenters. The molecule has 1 fully saturated rings. The molecule has 1 aromatic carbocycles. The van der Waals surface area contributed by atoms with Gasteiger partial charge >= 0.3 is 6.18 Å². The van der Waals surface area contributed by atoms with Crippen molar-refractivity contribution in [3.8, 4) is 5.69 Å². The highest BCUT2D eigenvalue weighted by Gasteiger charge is 2.31. The number of nitrogens with one attached hydrogen (secondary N) is 2. The van der Waals surface area contributed by atoms with Gasteiger partial charge in [-0.25, -0.2) is 0 Å². The number of benzene rings is 1. The lowest BCUT2D eigenvalue weighted by molar-refractivity contribution is -0.138. The van der Waals surface area contributed by atoms with E-state index < -0.39 is 17.3 Å². The second-order valence-electron chi connectivity index (χ2n) is 6.37. The van der Waals surface area contributed by atoms with Crippen LogP contribution in [0.2, 0.25) is 5.02 Å². The summed E-state index contributed by atoms with van der Waals surface area (Å²) in [7, 11) is 0. The lowest BCUT2D eigenvalue weighted by atomic mass is 10.2. The molecule has 0 amide bonds. The van der Waals surface area contributed by atoms with Gasteiger partial charge in [0.25, 0.3) is 5.56 Å². The maximum atomic E-state index is 13.0. The van der Waals surface area contributed by atoms with E-state index in [9.17, 15) is 18.0 Å². The summed E-state index contributed by atoms with van der Waals surface area (Å²) in [6.07, 6.45) is -3.79. The van der Waals surface area contributed by atoms with Gasteiger partial charge in [0.05, 0.1) is 28.1 Å². The van der Waals surface area contributed by atoms with E-state index in [-0.39, 0.29) is 16.9 Å². The van der Waals surface area contributed by atoms with Crippen LogP contribution in [0.3, 0.4) is 0 Å². The smallest absolute Gasteiger partial charge is 0.369 e. The quantitative estimate of drug-likeness (QED) is 0.827. The highest BCUT2D eigenvalue weighted by atomic mass is 35.5. The summed E-state index contributed by atoms with van der Waals surface area (Å²) in [6, 6.07) is 6.57. The van der Waals surface area contributed by atoms with E-state index in [0.29, 0.717) is 5.69 Å². The SMILES string of the molecule is CC(Nc1cccc(-n2cc(C(F)(F)F)ccc2=O)c1Cl)N1CCNCC1. The molecule has 0 bridgehead atoms. The Hall–Kier alpha value is -2.03. The van der Waals surface area contributed by atoms with Gasteiger partial charge in [0.15, 0.2) is 0 Å². The van der Waals surface area contributed by atoms with Crippen LogP contribution in [-0.4, -0.2) is 41.8 Å². The van der Waals surface area contributed by atoms with Gasteiger partial charge in [-0.05, 0) is 25.1 Å². The van der Waals surface area contributed by atoms with Gasteiger partial charge in [-0.3, -0.25) is 14.3 Å². The minimum Gasteiger partial charge on any atom is -0.369 e. The van der Waals surface area contributed by atoms with Gasteiger partial charge in [-0.2, -0.15) is 13.2 Å². The standard InChI is InChI=1S/C18H20ClF3N4O/c1-12(25-9-7-23-8-10-25)24-14-3-2-4-15(17(14)19)26-11-13(18(20,21)22)5-6-16(26)27/h2-6,11-12,23-24H,7-10H2,1H3. The second-order valence-corrected chi connectivity index (χ2v) is 6.75. The third-order valence-corrected chi connectivity index (χ3v) is 4.94. The number of hydrogen-bond donors (Lipinski definition) is 2. The summed E-state index contributed by atoms with van der Waals surface area (Å²) in [4.78, 5) is 14.4. The van der Waals surface area contributed by atoms with Crippen molar-refractivity contribution in [2.24, 2.45) is 0 Å². The first-order valence-corrected chi connectivity index (χ1v) is 8.95. The Labute approximate surface area is 159 Å². The first kappa shape index (κ1) is 19.7. The average Bonchev–Trinajstić information content (AvgIpc) is 2.64. The van der Waals surface area contributed by atoms with E-state index in [0.717, 1.165) is 49.1 Å². The maximum Gasteiger partial charge on any atom is 0.417 e. The van der Waals surface area contributed by atoms with Crippen LogP contribution in [0.5, 0.6) is 0 Å². The predicted octanol–water partition coefficient (Wildman–Crippen LogP) is 3.17. The van der Waals surface area contributed by atoms with Crippen LogP contribution in [0.15, 0.2) is 41.3 Å². The van der Waals surface area contributed by atoms with Gasteiger partial charge in [0, 0.05) is 38.4 Å². The number of hydrogen-bond acceptors (Lipinski definition) is 4. The summed E-state index contributed by atoms with van der Waals surface area (Å²) in [5.74, 6) is 0. The van der Waals surface area contributed by atoms with Crippen LogP contribution in [0, 0.1) is 0 Å². The number of nitrogens with zero attached hydrogens (tertiary/aromatic N) is 2. The molecule has 2 aromatic rings. The van der Waals surface area contributed by atoms with Crippen LogP contribution in [-0.2, 0) is 6.18 Å². The van der Waals surface area contributed by atoms with E-state index >= 15 is 0 Å². The molecule has 0 spiro atoms. The van der Waals surface area contributed by atoms with Crippen molar-refractivity contribution in [2.75, 3.05) is 31.5 Å². The molecule has 1 saturated heterocycles. The molecule has 2 heterocycles. The van der Waals surface area contributed by atoms with Gasteiger partial charge in [0.2, 0.25) is 0 Å². The van der Waals surface area contributed by atoms with Gasteiger partial charge in [-0.15, -0.1) is 0 Å². The molecule has 146 valence electrons. The van der Waals surface area contributed by atoms with Crippen molar-refractivity contribution < 1.29 is 13.2 Å². The van der Waals surface area contributed by atoms with Crippen molar-refractivity contribution in [2.45, 2.75) is 19.3 Å². The zero-order chi connectivity index (χ0) is 19.6. The van der Waals surface area contributed by atoms with E-state index in [1.807, 2.05) is 6.92 Å². The summed E-state index contributed by atoms with van der Waals surface area (Å²) in [5.41, 5.74) is -0.738. The van der Waals surface area contributed by atoms with E-state index in [1.165, 1.54) is 6.07 Å². The molecule has 1 unspecified atom stereocenters. The van der Waals surface area contributed by atoms with Gasteiger partial charge in [0.1, 0.15) is 0 Å². The minimum absolute atomic E-state index is 0.0157. The lowest BCUT2D eigenvalue weighted by Gasteiger charge is -2.34.